The van der Waals surface area contributed by atoms with Gasteiger partial charge in [0.15, 0.2) is 0 Å². The largest absolute Gasteiger partial charge is 0.309 e. The summed E-state index contributed by atoms with van der Waals surface area (Å²) in [5.74, 6) is 0. The van der Waals surface area contributed by atoms with Crippen molar-refractivity contribution in [2.45, 2.75) is 39.0 Å². The fraction of sp³-hybridized carbons (Fsp3) is 0.120. The van der Waals surface area contributed by atoms with E-state index >= 15 is 0 Å². The van der Waals surface area contributed by atoms with Gasteiger partial charge in [0.2, 0.25) is 0 Å². The molecular formula is C50H41N. The highest BCUT2D eigenvalue weighted by Gasteiger charge is 2.20. The Bertz CT molecular complexity index is 2480. The molecule has 51 heavy (non-hydrogen) atoms. The Balaban J connectivity index is 1.15. The van der Waals surface area contributed by atoms with Gasteiger partial charge in [-0.1, -0.05) is 133 Å². The molecule has 0 unspecified atom stereocenters. The lowest BCUT2D eigenvalue weighted by Gasteiger charge is -2.29. The van der Waals surface area contributed by atoms with Gasteiger partial charge in [0.1, 0.15) is 0 Å². The van der Waals surface area contributed by atoms with Crippen LogP contribution in [0.4, 0.5) is 17.1 Å². The lowest BCUT2D eigenvalue weighted by Crippen LogP contribution is -2.11. The lowest BCUT2D eigenvalue weighted by molar-refractivity contribution is 0.602. The van der Waals surface area contributed by atoms with E-state index in [1.54, 1.807) is 5.57 Å². The molecule has 8 aromatic rings. The van der Waals surface area contributed by atoms with E-state index in [1.165, 1.54) is 103 Å². The van der Waals surface area contributed by atoms with Crippen LogP contribution in [0.3, 0.4) is 0 Å². The molecular weight excluding hydrogens is 615 g/mol. The molecule has 1 fully saturated rings. The molecule has 0 aliphatic heterocycles. The van der Waals surface area contributed by atoms with Crippen molar-refractivity contribution in [1.82, 2.24) is 0 Å². The second-order valence-electron chi connectivity index (χ2n) is 14.2. The molecule has 8 aromatic carbocycles. The molecule has 0 bridgehead atoms. The molecule has 1 nitrogen and oxygen atoms in total. The van der Waals surface area contributed by atoms with Crippen molar-refractivity contribution in [1.29, 1.82) is 0 Å². The Morgan fingerprint density at radius 3 is 1.39 bits per heavy atom. The van der Waals surface area contributed by atoms with Gasteiger partial charge in [0.25, 0.3) is 0 Å². The van der Waals surface area contributed by atoms with Gasteiger partial charge in [-0.15, -0.1) is 0 Å². The summed E-state index contributed by atoms with van der Waals surface area (Å²) in [4.78, 5) is 2.46. The number of nitrogens with zero attached hydrogens (tertiary/aromatic N) is 1. The fourth-order valence-corrected chi connectivity index (χ4v) is 7.84. The number of benzene rings is 8. The average Bonchev–Trinajstić information content (AvgIpc) is 3.17. The highest BCUT2D eigenvalue weighted by Crippen LogP contribution is 2.45. The third kappa shape index (κ3) is 6.33. The van der Waals surface area contributed by atoms with Crippen molar-refractivity contribution in [2.75, 3.05) is 4.90 Å². The molecule has 1 saturated carbocycles. The minimum atomic E-state index is 1.13. The average molecular weight is 656 g/mol. The molecule has 0 heterocycles. The number of anilines is 3. The topological polar surface area (TPSA) is 3.24 Å². The minimum Gasteiger partial charge on any atom is -0.309 e. The number of hydrogen-bond acceptors (Lipinski definition) is 1. The molecule has 1 aliphatic rings. The summed E-state index contributed by atoms with van der Waals surface area (Å²) < 4.78 is 0. The van der Waals surface area contributed by atoms with Crippen molar-refractivity contribution >= 4 is 78.4 Å². The standard InChI is InChI=1S/C50H41N/c1-35-15-25-46(26-16-35)51(47-27-23-37(24-28-47)18-17-36-19-21-39(22-20-36)29-38-9-3-2-4-10-38)50-48-33-42-13-7-5-11-40(42)30-44(48)32-45-31-41-12-6-8-14-43(41)34-49(45)50/h5-8,11-34H,2-4,9-10H2,1H3. The van der Waals surface area contributed by atoms with Crippen LogP contribution in [-0.4, -0.2) is 0 Å². The van der Waals surface area contributed by atoms with E-state index in [-0.39, 0.29) is 0 Å². The zero-order chi connectivity index (χ0) is 34.1. The number of fused-ring (bicyclic) bond motifs is 4. The monoisotopic (exact) mass is 655 g/mol. The summed E-state index contributed by atoms with van der Waals surface area (Å²) in [7, 11) is 0. The van der Waals surface area contributed by atoms with E-state index in [4.69, 9.17) is 0 Å². The molecule has 0 atom stereocenters. The maximum atomic E-state index is 2.46. The van der Waals surface area contributed by atoms with Gasteiger partial charge >= 0.3 is 0 Å². The molecule has 0 amide bonds. The summed E-state index contributed by atoms with van der Waals surface area (Å²) in [5.41, 5.74) is 10.0. The molecule has 0 aromatic heterocycles. The predicted octanol–water partition coefficient (Wildman–Crippen LogP) is 14.6. The number of rotatable bonds is 6. The van der Waals surface area contributed by atoms with Crippen LogP contribution < -0.4 is 4.90 Å². The van der Waals surface area contributed by atoms with Crippen LogP contribution in [0, 0.1) is 6.92 Å². The smallest absolute Gasteiger partial charge is 0.0618 e. The van der Waals surface area contributed by atoms with E-state index in [0.717, 1.165) is 11.4 Å². The molecule has 1 aliphatic carbocycles. The fourth-order valence-electron chi connectivity index (χ4n) is 7.84. The third-order valence-electron chi connectivity index (χ3n) is 10.6. The van der Waals surface area contributed by atoms with Crippen LogP contribution in [0.2, 0.25) is 0 Å². The van der Waals surface area contributed by atoms with Gasteiger partial charge in [-0.3, -0.25) is 0 Å². The third-order valence-corrected chi connectivity index (χ3v) is 10.6. The Kier molecular flexibility index (Phi) is 8.18. The SMILES string of the molecule is Cc1ccc(N(c2ccc(C=Cc3ccc(C=C4CCCCC4)cc3)cc2)c2c3cc4ccccc4cc3cc3cc4ccccc4cc23)cc1. The lowest BCUT2D eigenvalue weighted by atomic mass is 9.93. The van der Waals surface area contributed by atoms with Crippen molar-refractivity contribution < 1.29 is 0 Å². The van der Waals surface area contributed by atoms with Gasteiger partial charge in [-0.25, -0.2) is 0 Å². The van der Waals surface area contributed by atoms with Gasteiger partial charge in [0.05, 0.1) is 5.69 Å². The van der Waals surface area contributed by atoms with Crippen molar-refractivity contribution in [2.24, 2.45) is 0 Å². The number of aryl methyl sites for hydroxylation is 1. The van der Waals surface area contributed by atoms with Gasteiger partial charge in [0, 0.05) is 22.1 Å². The van der Waals surface area contributed by atoms with Crippen LogP contribution in [0.1, 0.15) is 54.4 Å². The van der Waals surface area contributed by atoms with Crippen molar-refractivity contribution in [3.8, 4) is 0 Å². The summed E-state index contributed by atoms with van der Waals surface area (Å²) >= 11 is 0. The predicted molar refractivity (Wildman–Crippen MR) is 222 cm³/mol. The highest BCUT2D eigenvalue weighted by molar-refractivity contribution is 6.19. The van der Waals surface area contributed by atoms with Crippen LogP contribution in [-0.2, 0) is 0 Å². The van der Waals surface area contributed by atoms with Crippen molar-refractivity contribution in [3.63, 3.8) is 0 Å². The Morgan fingerprint density at radius 1 is 0.431 bits per heavy atom. The second-order valence-corrected chi connectivity index (χ2v) is 14.2. The minimum absolute atomic E-state index is 1.13. The molecule has 246 valence electrons. The van der Waals surface area contributed by atoms with E-state index < -0.39 is 0 Å². The number of allylic oxidation sites excluding steroid dienone is 1. The van der Waals surface area contributed by atoms with Gasteiger partial charge in [-0.2, -0.15) is 0 Å². The van der Waals surface area contributed by atoms with Gasteiger partial charge in [-0.05, 0) is 136 Å². The normalized spacial score (nSPS) is 13.5. The first-order valence-corrected chi connectivity index (χ1v) is 18.4. The maximum Gasteiger partial charge on any atom is 0.0618 e. The van der Waals surface area contributed by atoms with Gasteiger partial charge < -0.3 is 4.90 Å². The Morgan fingerprint density at radius 2 is 0.863 bits per heavy atom. The molecule has 0 radical (unpaired) electrons. The van der Waals surface area contributed by atoms with Crippen LogP contribution >= 0.6 is 0 Å². The first kappa shape index (κ1) is 31.1. The second kappa shape index (κ2) is 13.4. The van der Waals surface area contributed by atoms with E-state index in [9.17, 15) is 0 Å². The molecule has 0 spiro atoms. The quantitative estimate of drug-likeness (QED) is 0.127. The number of hydrogen-bond donors (Lipinski definition) is 0. The summed E-state index contributed by atoms with van der Waals surface area (Å²) in [6.07, 6.45) is 13.4. The van der Waals surface area contributed by atoms with Crippen LogP contribution in [0.15, 0.2) is 157 Å². The molecule has 0 N–H and O–H groups in total. The first-order valence-electron chi connectivity index (χ1n) is 18.4. The zero-order valence-corrected chi connectivity index (χ0v) is 29.1. The maximum absolute atomic E-state index is 2.46. The van der Waals surface area contributed by atoms with Crippen LogP contribution in [0.25, 0.3) is 61.3 Å². The van der Waals surface area contributed by atoms with Crippen LogP contribution in [0.5, 0.6) is 0 Å². The van der Waals surface area contributed by atoms with E-state index in [2.05, 4.69) is 182 Å². The van der Waals surface area contributed by atoms with E-state index in [1.807, 2.05) is 0 Å². The Hall–Kier alpha value is -5.92. The zero-order valence-electron chi connectivity index (χ0n) is 29.1. The van der Waals surface area contributed by atoms with E-state index in [0.29, 0.717) is 0 Å². The van der Waals surface area contributed by atoms with Crippen molar-refractivity contribution in [3.05, 3.63) is 179 Å². The highest BCUT2D eigenvalue weighted by atomic mass is 15.1. The molecule has 1 heteroatoms. The molecule has 9 rings (SSSR count). The summed E-state index contributed by atoms with van der Waals surface area (Å²) in [6, 6.07) is 56.2. The summed E-state index contributed by atoms with van der Waals surface area (Å²) in [5, 5.41) is 9.96. The molecule has 0 saturated heterocycles. The first-order chi connectivity index (χ1) is 25.1. The summed E-state index contributed by atoms with van der Waals surface area (Å²) in [6.45, 7) is 2.16. The Labute approximate surface area is 300 Å².